The van der Waals surface area contributed by atoms with E-state index in [0.717, 1.165) is 48.4 Å². The van der Waals surface area contributed by atoms with Gasteiger partial charge in [0.2, 0.25) is 0 Å². The summed E-state index contributed by atoms with van der Waals surface area (Å²) in [5, 5.41) is 0. The Morgan fingerprint density at radius 2 is 1.50 bits per heavy atom. The van der Waals surface area contributed by atoms with Crippen LogP contribution < -0.4 is 16.9 Å². The molecule has 0 spiro atoms. The Kier molecular flexibility index (Phi) is 4.18. The molecule has 2 heterocycles. The number of aryl methyl sites for hydroxylation is 2. The summed E-state index contributed by atoms with van der Waals surface area (Å²) in [6.45, 7) is 7.24. The van der Waals surface area contributed by atoms with Gasteiger partial charge in [0, 0.05) is 0 Å². The predicted molar refractivity (Wildman–Crippen MR) is 57.6 cm³/mol. The van der Waals surface area contributed by atoms with Gasteiger partial charge in [-0.05, 0) is 13.8 Å². The van der Waals surface area contributed by atoms with Crippen LogP contribution >= 0.6 is 0 Å². The zero-order valence-corrected chi connectivity index (χ0v) is 10.7. The molecule has 1 aromatic rings. The number of hydrogen-bond acceptors (Lipinski definition) is 4. The standard InChI is InChI=1S/C10H17N4O.ClH/c1-8-11-9(2)13-10(12-8)14(3)4-6-15-7-5-14;/h4-7H2,1-3H3;1H/q+1;/p-1. The maximum Gasteiger partial charge on any atom is 0.332 e. The average Bonchev–Trinajstić information content (AvgIpc) is 2.17. The van der Waals surface area contributed by atoms with Gasteiger partial charge in [0.1, 0.15) is 24.7 Å². The van der Waals surface area contributed by atoms with E-state index in [9.17, 15) is 0 Å². The molecule has 0 atom stereocenters. The number of rotatable bonds is 1. The summed E-state index contributed by atoms with van der Waals surface area (Å²) in [5.41, 5.74) is 0. The van der Waals surface area contributed by atoms with E-state index >= 15 is 0 Å². The van der Waals surface area contributed by atoms with E-state index in [1.165, 1.54) is 0 Å². The number of nitrogens with zero attached hydrogens (tertiary/aromatic N) is 4. The fraction of sp³-hybridized carbons (Fsp3) is 0.700. The molecule has 0 N–H and O–H groups in total. The predicted octanol–water partition coefficient (Wildman–Crippen LogP) is -2.54. The van der Waals surface area contributed by atoms with Gasteiger partial charge >= 0.3 is 5.95 Å². The average molecular weight is 245 g/mol. The van der Waals surface area contributed by atoms with Crippen LogP contribution in [0.1, 0.15) is 11.6 Å². The first-order valence-corrected chi connectivity index (χ1v) is 5.22. The van der Waals surface area contributed by atoms with Gasteiger partial charge in [-0.25, -0.2) is 4.98 Å². The van der Waals surface area contributed by atoms with Crippen LogP contribution in [0.4, 0.5) is 5.95 Å². The summed E-state index contributed by atoms with van der Waals surface area (Å²) in [6, 6.07) is 0. The summed E-state index contributed by atoms with van der Waals surface area (Å²) < 4.78 is 6.11. The van der Waals surface area contributed by atoms with Crippen molar-refractivity contribution in [2.45, 2.75) is 13.8 Å². The third-order valence-electron chi connectivity index (χ3n) is 2.79. The van der Waals surface area contributed by atoms with E-state index in [1.54, 1.807) is 0 Å². The molecule has 1 saturated heterocycles. The van der Waals surface area contributed by atoms with Crippen LogP contribution in [0, 0.1) is 13.8 Å². The molecule has 90 valence electrons. The van der Waals surface area contributed by atoms with E-state index in [-0.39, 0.29) is 12.4 Å². The maximum atomic E-state index is 5.36. The van der Waals surface area contributed by atoms with Gasteiger partial charge in [0.05, 0.1) is 20.3 Å². The van der Waals surface area contributed by atoms with Crippen LogP contribution in [0.5, 0.6) is 0 Å². The van der Waals surface area contributed by atoms with Crippen molar-refractivity contribution >= 4 is 5.95 Å². The zero-order chi connectivity index (χ0) is 10.9. The van der Waals surface area contributed by atoms with Crippen LogP contribution in [0.25, 0.3) is 0 Å². The second kappa shape index (κ2) is 5.03. The van der Waals surface area contributed by atoms with Crippen LogP contribution in [0.2, 0.25) is 0 Å². The molecule has 0 aliphatic carbocycles. The molecule has 0 saturated carbocycles. The third kappa shape index (κ3) is 2.66. The lowest BCUT2D eigenvalue weighted by molar-refractivity contribution is -0.00000553. The minimum absolute atomic E-state index is 0. The first-order valence-electron chi connectivity index (χ1n) is 5.22. The lowest BCUT2D eigenvalue weighted by Gasteiger charge is -2.34. The van der Waals surface area contributed by atoms with Crippen LogP contribution in [-0.2, 0) is 4.74 Å². The van der Waals surface area contributed by atoms with Crippen molar-refractivity contribution < 1.29 is 17.1 Å². The highest BCUT2D eigenvalue weighted by molar-refractivity contribution is 5.24. The van der Waals surface area contributed by atoms with Crippen LogP contribution in [-0.4, -0.2) is 48.3 Å². The molecule has 0 unspecified atom stereocenters. The molecule has 1 aromatic heterocycles. The smallest absolute Gasteiger partial charge is 0.332 e. The fourth-order valence-electron chi connectivity index (χ4n) is 1.79. The van der Waals surface area contributed by atoms with Crippen molar-refractivity contribution in [3.05, 3.63) is 11.6 Å². The van der Waals surface area contributed by atoms with Crippen LogP contribution in [0.15, 0.2) is 0 Å². The summed E-state index contributed by atoms with van der Waals surface area (Å²) in [5.74, 6) is 2.45. The minimum atomic E-state index is 0. The van der Waals surface area contributed by atoms with Crippen molar-refractivity contribution in [3.8, 4) is 0 Å². The van der Waals surface area contributed by atoms with Gasteiger partial charge in [0.25, 0.3) is 0 Å². The molecule has 0 bridgehead atoms. The Labute approximate surface area is 102 Å². The van der Waals surface area contributed by atoms with Crippen molar-refractivity contribution in [3.63, 3.8) is 0 Å². The normalized spacial score (nSPS) is 18.9. The van der Waals surface area contributed by atoms with Gasteiger partial charge in [-0.15, -0.1) is 0 Å². The second-order valence-electron chi connectivity index (χ2n) is 4.19. The monoisotopic (exact) mass is 244 g/mol. The third-order valence-corrected chi connectivity index (χ3v) is 2.79. The van der Waals surface area contributed by atoms with Crippen molar-refractivity contribution in [2.24, 2.45) is 0 Å². The van der Waals surface area contributed by atoms with E-state index in [1.807, 2.05) is 13.8 Å². The van der Waals surface area contributed by atoms with Crippen molar-refractivity contribution in [1.29, 1.82) is 0 Å². The Morgan fingerprint density at radius 3 is 2.00 bits per heavy atom. The molecule has 1 fully saturated rings. The van der Waals surface area contributed by atoms with E-state index < -0.39 is 0 Å². The second-order valence-corrected chi connectivity index (χ2v) is 4.19. The molecule has 1 aliphatic rings. The maximum absolute atomic E-state index is 5.36. The quantitative estimate of drug-likeness (QED) is 0.511. The number of aromatic nitrogens is 3. The van der Waals surface area contributed by atoms with E-state index in [0.29, 0.717) is 0 Å². The van der Waals surface area contributed by atoms with Gasteiger partial charge in [-0.1, -0.05) is 0 Å². The van der Waals surface area contributed by atoms with Crippen LogP contribution in [0.3, 0.4) is 0 Å². The molecule has 1 aliphatic heterocycles. The minimum Gasteiger partial charge on any atom is -1.00 e. The topological polar surface area (TPSA) is 47.9 Å². The Bertz CT molecular complexity index is 346. The lowest BCUT2D eigenvalue weighted by atomic mass is 10.3. The number of hydrogen-bond donors (Lipinski definition) is 0. The molecular weight excluding hydrogens is 228 g/mol. The molecule has 0 radical (unpaired) electrons. The summed E-state index contributed by atoms with van der Waals surface area (Å²) in [4.78, 5) is 13.0. The van der Waals surface area contributed by atoms with Gasteiger partial charge in [-0.2, -0.15) is 9.97 Å². The molecule has 16 heavy (non-hydrogen) atoms. The number of quaternary nitrogens is 1. The summed E-state index contributed by atoms with van der Waals surface area (Å²) in [6.07, 6.45) is 0. The molecule has 2 rings (SSSR count). The summed E-state index contributed by atoms with van der Waals surface area (Å²) in [7, 11) is 2.15. The molecule has 6 heteroatoms. The first kappa shape index (κ1) is 13.3. The number of halogens is 1. The van der Waals surface area contributed by atoms with E-state index in [4.69, 9.17) is 4.74 Å². The Hall–Kier alpha value is -0.780. The first-order chi connectivity index (χ1) is 7.10. The largest absolute Gasteiger partial charge is 1.00 e. The molecular formula is C10H17ClN4O. The van der Waals surface area contributed by atoms with E-state index in [2.05, 4.69) is 22.0 Å². The molecule has 0 aromatic carbocycles. The highest BCUT2D eigenvalue weighted by Gasteiger charge is 2.31. The van der Waals surface area contributed by atoms with Crippen molar-refractivity contribution in [1.82, 2.24) is 19.4 Å². The number of ether oxygens (including phenoxy) is 1. The van der Waals surface area contributed by atoms with Gasteiger partial charge in [0.15, 0.2) is 0 Å². The van der Waals surface area contributed by atoms with Crippen molar-refractivity contribution in [2.75, 3.05) is 33.4 Å². The molecule has 5 nitrogen and oxygen atoms in total. The molecule has 0 amide bonds. The van der Waals surface area contributed by atoms with Gasteiger partial charge < -0.3 is 17.1 Å². The fourth-order valence-corrected chi connectivity index (χ4v) is 1.79. The SMILES string of the molecule is Cc1nc(C)nc([N+]2(C)CCOCC2)n1.[Cl-]. The highest BCUT2D eigenvalue weighted by Crippen LogP contribution is 2.17. The summed E-state index contributed by atoms with van der Waals surface area (Å²) >= 11 is 0. The highest BCUT2D eigenvalue weighted by atomic mass is 35.5. The number of morpholine rings is 1. The Balaban J connectivity index is 0.00000128. The number of likely N-dealkylation sites (N-methyl/N-ethyl adjacent to an activating group) is 1. The Morgan fingerprint density at radius 1 is 1.00 bits per heavy atom. The zero-order valence-electron chi connectivity index (χ0n) is 9.90. The van der Waals surface area contributed by atoms with Gasteiger partial charge in [-0.3, -0.25) is 4.48 Å². The lowest BCUT2D eigenvalue weighted by Crippen LogP contribution is -3.00.